The molecule has 0 unspecified atom stereocenters. The number of aromatic amines is 1. The maximum absolute atomic E-state index is 9.19. The Bertz CT molecular complexity index is 595. The molecule has 0 amide bonds. The molecule has 0 aromatic carbocycles. The van der Waals surface area contributed by atoms with E-state index in [1.807, 2.05) is 6.92 Å². The van der Waals surface area contributed by atoms with Gasteiger partial charge in [-0.15, -0.1) is 0 Å². The molecule has 0 atom stereocenters. The zero-order valence-electron chi connectivity index (χ0n) is 10.5. The maximum Gasteiger partial charge on any atom is 0.235 e. The predicted molar refractivity (Wildman–Crippen MR) is 78.2 cm³/mol. The summed E-state index contributed by atoms with van der Waals surface area (Å²) in [6, 6.07) is 1.68. The fraction of sp³-hybridized carbons (Fsp3) is 0.364. The maximum atomic E-state index is 9.19. The Morgan fingerprint density at radius 1 is 1.58 bits per heavy atom. The van der Waals surface area contributed by atoms with Crippen molar-refractivity contribution >= 4 is 29.8 Å². The fourth-order valence-electron chi connectivity index (χ4n) is 1.45. The van der Waals surface area contributed by atoms with Crippen molar-refractivity contribution in [2.45, 2.75) is 12.7 Å². The first-order valence-electron chi connectivity index (χ1n) is 5.76. The van der Waals surface area contributed by atoms with E-state index < -0.39 is 0 Å². The van der Waals surface area contributed by atoms with Gasteiger partial charge in [-0.05, 0) is 19.1 Å². The average molecular weight is 297 g/mol. The molecule has 0 aliphatic heterocycles. The Morgan fingerprint density at radius 3 is 3.11 bits per heavy atom. The van der Waals surface area contributed by atoms with Crippen LogP contribution in [0.15, 0.2) is 18.6 Å². The first-order chi connectivity index (χ1) is 9.16. The van der Waals surface area contributed by atoms with Crippen molar-refractivity contribution in [3.8, 4) is 0 Å². The van der Waals surface area contributed by atoms with Crippen molar-refractivity contribution in [3.05, 3.63) is 34.7 Å². The summed E-state index contributed by atoms with van der Waals surface area (Å²) in [6.07, 6.45) is 3.19. The molecule has 0 spiro atoms. The highest BCUT2D eigenvalue weighted by molar-refractivity contribution is 7.98. The molecule has 0 radical (unpaired) electrons. The Kier molecular flexibility index (Phi) is 4.80. The van der Waals surface area contributed by atoms with Gasteiger partial charge in [0.05, 0.1) is 18.2 Å². The molecule has 2 aromatic rings. The second-order valence-corrected chi connectivity index (χ2v) is 5.36. The van der Waals surface area contributed by atoms with Gasteiger partial charge in [0.25, 0.3) is 0 Å². The molecule has 2 aromatic heterocycles. The topological polar surface area (TPSA) is 78.8 Å². The molecule has 2 rings (SSSR count). The van der Waals surface area contributed by atoms with E-state index in [1.54, 1.807) is 24.2 Å². The summed E-state index contributed by atoms with van der Waals surface area (Å²) >= 11 is 6.65. The molecule has 3 N–H and O–H groups in total. The molecule has 0 aliphatic rings. The number of thioether (sulfide) groups is 1. The van der Waals surface area contributed by atoms with Gasteiger partial charge in [-0.3, -0.25) is 0 Å². The van der Waals surface area contributed by atoms with E-state index in [-0.39, 0.29) is 4.77 Å². The van der Waals surface area contributed by atoms with E-state index in [4.69, 9.17) is 12.2 Å². The van der Waals surface area contributed by atoms with Crippen molar-refractivity contribution < 1.29 is 5.21 Å². The number of aryl methyl sites for hydroxylation is 1. The molecule has 0 bridgehead atoms. The molecule has 0 fully saturated rings. The summed E-state index contributed by atoms with van der Waals surface area (Å²) in [7, 11) is 0. The number of anilines is 1. The fourth-order valence-corrected chi connectivity index (χ4v) is 2.48. The normalized spacial score (nSPS) is 10.6. The lowest BCUT2D eigenvalue weighted by molar-refractivity contribution is 0.176. The van der Waals surface area contributed by atoms with Gasteiger partial charge < -0.3 is 15.5 Å². The molecular formula is C11H15N5OS2. The van der Waals surface area contributed by atoms with Gasteiger partial charge in [0.1, 0.15) is 5.82 Å². The summed E-state index contributed by atoms with van der Waals surface area (Å²) in [4.78, 5) is 11.3. The van der Waals surface area contributed by atoms with Gasteiger partial charge >= 0.3 is 0 Å². The minimum Gasteiger partial charge on any atom is -0.426 e. The van der Waals surface area contributed by atoms with Gasteiger partial charge in [-0.2, -0.15) is 16.5 Å². The van der Waals surface area contributed by atoms with E-state index in [0.29, 0.717) is 5.82 Å². The van der Waals surface area contributed by atoms with Crippen LogP contribution in [0.25, 0.3) is 0 Å². The second-order valence-electron chi connectivity index (χ2n) is 3.89. The van der Waals surface area contributed by atoms with Crippen molar-refractivity contribution in [2.75, 3.05) is 17.6 Å². The summed E-state index contributed by atoms with van der Waals surface area (Å²) in [5.74, 6) is 2.50. The zero-order chi connectivity index (χ0) is 13.7. The van der Waals surface area contributed by atoms with E-state index >= 15 is 0 Å². The van der Waals surface area contributed by atoms with Crippen LogP contribution < -0.4 is 5.32 Å². The number of rotatable bonds is 6. The predicted octanol–water partition coefficient (Wildman–Crippen LogP) is 2.23. The molecule has 0 saturated heterocycles. The van der Waals surface area contributed by atoms with Crippen LogP contribution in [-0.2, 0) is 5.75 Å². The van der Waals surface area contributed by atoms with Crippen LogP contribution >= 0.6 is 24.0 Å². The van der Waals surface area contributed by atoms with Crippen LogP contribution in [0.4, 0.5) is 5.82 Å². The molecule has 8 heteroatoms. The third-order valence-corrected chi connectivity index (χ3v) is 3.76. The van der Waals surface area contributed by atoms with Crippen molar-refractivity contribution in [3.63, 3.8) is 0 Å². The van der Waals surface area contributed by atoms with Crippen molar-refractivity contribution in [1.29, 1.82) is 0 Å². The second kappa shape index (κ2) is 6.58. The summed E-state index contributed by atoms with van der Waals surface area (Å²) in [5, 5.41) is 12.3. The molecule has 0 aliphatic carbocycles. The lowest BCUT2D eigenvalue weighted by Crippen LogP contribution is -2.07. The van der Waals surface area contributed by atoms with Crippen molar-refractivity contribution in [1.82, 2.24) is 19.7 Å². The summed E-state index contributed by atoms with van der Waals surface area (Å²) in [5.41, 5.74) is 2.21. The lowest BCUT2D eigenvalue weighted by atomic mass is 10.4. The van der Waals surface area contributed by atoms with E-state index in [9.17, 15) is 5.21 Å². The van der Waals surface area contributed by atoms with Crippen LogP contribution in [0.1, 0.15) is 11.4 Å². The number of H-pyrrole nitrogens is 1. The number of imidazole rings is 1. The van der Waals surface area contributed by atoms with Crippen LogP contribution in [0.2, 0.25) is 0 Å². The third-order valence-electron chi connectivity index (χ3n) is 2.51. The minimum absolute atomic E-state index is 0.143. The highest BCUT2D eigenvalue weighted by Crippen LogP contribution is 2.12. The monoisotopic (exact) mass is 297 g/mol. The first-order valence-corrected chi connectivity index (χ1v) is 7.32. The van der Waals surface area contributed by atoms with Crippen LogP contribution in [0.3, 0.4) is 0 Å². The number of hydrogen-bond donors (Lipinski definition) is 3. The summed E-state index contributed by atoms with van der Waals surface area (Å²) < 4.78 is 0.958. The van der Waals surface area contributed by atoms with Gasteiger partial charge in [0, 0.05) is 29.8 Å². The Labute approximate surface area is 120 Å². The number of nitrogens with one attached hydrogen (secondary N) is 2. The van der Waals surface area contributed by atoms with Crippen molar-refractivity contribution in [2.24, 2.45) is 0 Å². The highest BCUT2D eigenvalue weighted by atomic mass is 32.2. The Balaban J connectivity index is 1.71. The van der Waals surface area contributed by atoms with E-state index in [0.717, 1.165) is 34.2 Å². The Hall–Kier alpha value is -1.54. The standard InChI is InChI=1S/C11H15N5OS2/c1-8-9(14-7-13-8)6-19-5-3-12-10-2-4-16(17)11(18)15-10/h2,4,7,17H,3,5-6H2,1H3,(H,13,14)(H,12,15,18). The molecule has 6 nitrogen and oxygen atoms in total. The first kappa shape index (κ1) is 13.9. The zero-order valence-corrected chi connectivity index (χ0v) is 12.1. The molecule has 19 heavy (non-hydrogen) atoms. The van der Waals surface area contributed by atoms with Crippen LogP contribution in [0.5, 0.6) is 0 Å². The molecular weight excluding hydrogens is 282 g/mol. The molecule has 102 valence electrons. The van der Waals surface area contributed by atoms with Gasteiger partial charge in [-0.1, -0.05) is 0 Å². The Morgan fingerprint density at radius 2 is 2.42 bits per heavy atom. The molecule has 0 saturated carbocycles. The lowest BCUT2D eigenvalue weighted by Gasteiger charge is -2.05. The van der Waals surface area contributed by atoms with E-state index in [2.05, 4.69) is 20.3 Å². The van der Waals surface area contributed by atoms with Gasteiger partial charge in [0.2, 0.25) is 4.77 Å². The minimum atomic E-state index is 0.143. The number of hydrogen-bond acceptors (Lipinski definition) is 6. The van der Waals surface area contributed by atoms with Crippen LogP contribution in [-0.4, -0.2) is 37.2 Å². The van der Waals surface area contributed by atoms with E-state index in [1.165, 1.54) is 6.20 Å². The molecule has 2 heterocycles. The third kappa shape index (κ3) is 3.97. The average Bonchev–Trinajstić information content (AvgIpc) is 2.79. The summed E-state index contributed by atoms with van der Waals surface area (Å²) in [6.45, 7) is 2.80. The van der Waals surface area contributed by atoms with Gasteiger partial charge in [-0.25, -0.2) is 9.97 Å². The largest absolute Gasteiger partial charge is 0.426 e. The smallest absolute Gasteiger partial charge is 0.235 e. The number of nitrogens with zero attached hydrogens (tertiary/aromatic N) is 3. The quantitative estimate of drug-likeness (QED) is 0.431. The van der Waals surface area contributed by atoms with Crippen LogP contribution in [0, 0.1) is 11.7 Å². The highest BCUT2D eigenvalue weighted by Gasteiger charge is 2.01. The van der Waals surface area contributed by atoms with Gasteiger partial charge in [0.15, 0.2) is 0 Å². The SMILES string of the molecule is Cc1[nH]cnc1CSCCNc1ccn(O)c(=S)n1. The number of aromatic nitrogens is 4.